The van der Waals surface area contributed by atoms with Gasteiger partial charge in [0.1, 0.15) is 0 Å². The second-order valence-electron chi connectivity index (χ2n) is 12.8. The van der Waals surface area contributed by atoms with Gasteiger partial charge < -0.3 is 25.4 Å². The normalized spacial score (nSPS) is 22.3. The van der Waals surface area contributed by atoms with Crippen LogP contribution in [0.4, 0.5) is 30.5 Å². The maximum absolute atomic E-state index is 13.7. The molecular weight excluding hydrogens is 656 g/mol. The number of aromatic amines is 1. The quantitative estimate of drug-likeness (QED) is 0.166. The van der Waals surface area contributed by atoms with Gasteiger partial charge in [0.2, 0.25) is 5.95 Å². The van der Waals surface area contributed by atoms with Crippen molar-refractivity contribution in [2.75, 3.05) is 23.3 Å². The molecule has 1 aliphatic heterocycles. The molecule has 15 heteroatoms. The largest absolute Gasteiger partial charge is 0.391 e. The van der Waals surface area contributed by atoms with Gasteiger partial charge in [-0.2, -0.15) is 18.3 Å². The highest BCUT2D eigenvalue weighted by molar-refractivity contribution is 6.39. The lowest BCUT2D eigenvalue weighted by Crippen LogP contribution is -2.40. The van der Waals surface area contributed by atoms with Crippen LogP contribution in [-0.2, 0) is 13.6 Å². The fourth-order valence-corrected chi connectivity index (χ4v) is 7.35. The number of benzene rings is 2. The Hall–Kier alpha value is -3.97. The van der Waals surface area contributed by atoms with Crippen molar-refractivity contribution in [2.24, 2.45) is 24.8 Å². The molecule has 4 aromatic rings. The highest BCUT2D eigenvalue weighted by Gasteiger charge is 2.46. The number of anilines is 3. The Labute approximate surface area is 278 Å². The second-order valence-corrected chi connectivity index (χ2v) is 13.6. The van der Waals surface area contributed by atoms with Crippen LogP contribution in [0.25, 0.3) is 11.0 Å². The molecule has 2 aromatic carbocycles. The number of piperidine rings is 1. The third kappa shape index (κ3) is 6.34. The number of fused-ring (bicyclic) bond motifs is 2. The first-order valence-electron chi connectivity index (χ1n) is 15.6. The monoisotopic (exact) mass is 688 g/mol. The number of amides is 2. The molecule has 2 atom stereocenters. The SMILES string of the molecule is Cn1c(Nc2c(Cl)ccc(CNC(=O)c3cn[nH]c3)c2Cl)nc2cc(C(=O)N[C@H]3CC[C@H](C(F)(F)F)CC3)c(N3CC4CC4C3)cc21. The van der Waals surface area contributed by atoms with Gasteiger partial charge in [-0.25, -0.2) is 4.98 Å². The Bertz CT molecular complexity index is 1830. The molecule has 0 radical (unpaired) electrons. The molecule has 0 bridgehead atoms. The van der Waals surface area contributed by atoms with Gasteiger partial charge in [0, 0.05) is 38.9 Å². The van der Waals surface area contributed by atoms with Crippen molar-refractivity contribution in [3.05, 3.63) is 63.4 Å². The minimum atomic E-state index is -4.21. The molecule has 2 unspecified atom stereocenters. The van der Waals surface area contributed by atoms with E-state index in [-0.39, 0.29) is 50.1 Å². The maximum Gasteiger partial charge on any atom is 0.391 e. The van der Waals surface area contributed by atoms with E-state index in [0.717, 1.165) is 24.3 Å². The Morgan fingerprint density at radius 2 is 1.81 bits per heavy atom. The summed E-state index contributed by atoms with van der Waals surface area (Å²) in [5.41, 5.74) is 4.01. The number of hydrogen-bond donors (Lipinski definition) is 4. The van der Waals surface area contributed by atoms with E-state index in [2.05, 4.69) is 31.0 Å². The molecule has 2 aliphatic carbocycles. The highest BCUT2D eigenvalue weighted by atomic mass is 35.5. The van der Waals surface area contributed by atoms with E-state index in [1.807, 2.05) is 17.7 Å². The Morgan fingerprint density at radius 1 is 1.06 bits per heavy atom. The fourth-order valence-electron chi connectivity index (χ4n) is 6.82. The van der Waals surface area contributed by atoms with Crippen LogP contribution in [0.15, 0.2) is 36.7 Å². The molecule has 3 fully saturated rings. The number of halogens is 5. The van der Waals surface area contributed by atoms with Gasteiger partial charge >= 0.3 is 6.18 Å². The van der Waals surface area contributed by atoms with Gasteiger partial charge in [0.05, 0.1) is 55.7 Å². The standard InChI is InChI=1S/C32H33Cl2F3N8O2/c1-44-26-10-25(45-14-17-8-18(17)15-45)22(30(47)41-21-5-3-20(4-6-21)32(35,36)37)9-24(26)42-31(44)43-28-23(33)7-2-16(27(28)34)11-38-29(46)19-12-39-40-13-19/h2,7,9-10,12-13,17-18,20-21H,3-6,8,11,14-15H2,1H3,(H,38,46)(H,39,40)(H,41,47)(H,42,43)/t17?,18?,20-,21-. The van der Waals surface area contributed by atoms with Crippen LogP contribution >= 0.6 is 23.2 Å². The second kappa shape index (κ2) is 12.2. The molecular formula is C32H33Cl2F3N8O2. The first kappa shape index (κ1) is 31.6. The molecule has 2 aromatic heterocycles. The molecule has 3 heterocycles. The summed E-state index contributed by atoms with van der Waals surface area (Å²) in [6, 6.07) is 6.80. The number of H-pyrrole nitrogens is 1. The van der Waals surface area contributed by atoms with Crippen molar-refractivity contribution in [1.82, 2.24) is 30.4 Å². The smallest absolute Gasteiger partial charge is 0.370 e. The highest BCUT2D eigenvalue weighted by Crippen LogP contribution is 2.47. The molecule has 7 rings (SSSR count). The number of alkyl halides is 3. The van der Waals surface area contributed by atoms with Crippen LogP contribution in [0.1, 0.15) is 58.4 Å². The summed E-state index contributed by atoms with van der Waals surface area (Å²) < 4.78 is 41.5. The van der Waals surface area contributed by atoms with Gasteiger partial charge in [-0.15, -0.1) is 0 Å². The maximum atomic E-state index is 13.7. The van der Waals surface area contributed by atoms with Crippen molar-refractivity contribution < 1.29 is 22.8 Å². The molecule has 248 valence electrons. The summed E-state index contributed by atoms with van der Waals surface area (Å²) >= 11 is 13.3. The summed E-state index contributed by atoms with van der Waals surface area (Å²) in [5.74, 6) is -0.277. The van der Waals surface area contributed by atoms with Crippen molar-refractivity contribution in [2.45, 2.75) is 50.9 Å². The number of carbonyl (C=O) groups is 2. The van der Waals surface area contributed by atoms with E-state index in [4.69, 9.17) is 28.2 Å². The van der Waals surface area contributed by atoms with E-state index in [1.165, 1.54) is 18.8 Å². The minimum Gasteiger partial charge on any atom is -0.370 e. The average molecular weight is 690 g/mol. The Morgan fingerprint density at radius 3 is 2.49 bits per heavy atom. The summed E-state index contributed by atoms with van der Waals surface area (Å²) in [6.07, 6.45) is 0.485. The van der Waals surface area contributed by atoms with Crippen LogP contribution in [0.5, 0.6) is 0 Å². The lowest BCUT2D eigenvalue weighted by Gasteiger charge is -2.31. The van der Waals surface area contributed by atoms with Crippen molar-refractivity contribution in [1.29, 1.82) is 0 Å². The topological polar surface area (TPSA) is 120 Å². The first-order valence-corrected chi connectivity index (χ1v) is 16.4. The van der Waals surface area contributed by atoms with Gasteiger partial charge in [-0.1, -0.05) is 29.3 Å². The molecule has 2 saturated carbocycles. The number of nitrogens with one attached hydrogen (secondary N) is 4. The van der Waals surface area contributed by atoms with Crippen molar-refractivity contribution >= 4 is 63.4 Å². The predicted octanol–water partition coefficient (Wildman–Crippen LogP) is 6.58. The van der Waals surface area contributed by atoms with Crippen molar-refractivity contribution in [3.63, 3.8) is 0 Å². The number of carbonyl (C=O) groups excluding carboxylic acids is 2. The van der Waals surface area contributed by atoms with Crippen LogP contribution in [0.2, 0.25) is 10.0 Å². The molecule has 10 nitrogen and oxygen atoms in total. The number of imidazole rings is 1. The average Bonchev–Trinajstić information content (AvgIpc) is 3.38. The van der Waals surface area contributed by atoms with E-state index in [1.54, 1.807) is 18.2 Å². The third-order valence-corrected chi connectivity index (χ3v) is 10.4. The van der Waals surface area contributed by atoms with Gasteiger partial charge in [-0.3, -0.25) is 14.7 Å². The lowest BCUT2D eigenvalue weighted by atomic mass is 9.85. The van der Waals surface area contributed by atoms with Gasteiger partial charge in [0.15, 0.2) is 0 Å². The minimum absolute atomic E-state index is 0.00811. The van der Waals surface area contributed by atoms with Crippen LogP contribution in [-0.4, -0.2) is 56.9 Å². The molecule has 47 heavy (non-hydrogen) atoms. The number of hydrogen-bond acceptors (Lipinski definition) is 6. The molecule has 2 amide bonds. The summed E-state index contributed by atoms with van der Waals surface area (Å²) in [5, 5.41) is 16.1. The van der Waals surface area contributed by atoms with Crippen LogP contribution in [0.3, 0.4) is 0 Å². The zero-order valence-electron chi connectivity index (χ0n) is 25.4. The third-order valence-electron chi connectivity index (χ3n) is 9.70. The Kier molecular flexibility index (Phi) is 8.23. The van der Waals surface area contributed by atoms with E-state index >= 15 is 0 Å². The zero-order valence-corrected chi connectivity index (χ0v) is 26.9. The summed E-state index contributed by atoms with van der Waals surface area (Å²) in [7, 11) is 1.85. The summed E-state index contributed by atoms with van der Waals surface area (Å²) in [6.45, 7) is 1.85. The molecule has 4 N–H and O–H groups in total. The van der Waals surface area contributed by atoms with Gasteiger partial charge in [0.25, 0.3) is 11.8 Å². The molecule has 3 aliphatic rings. The van der Waals surface area contributed by atoms with E-state index < -0.39 is 12.1 Å². The number of aromatic nitrogens is 4. The first-order chi connectivity index (χ1) is 22.5. The molecule has 1 saturated heterocycles. The number of aryl methyl sites for hydroxylation is 1. The predicted molar refractivity (Wildman–Crippen MR) is 173 cm³/mol. The summed E-state index contributed by atoms with van der Waals surface area (Å²) in [4.78, 5) is 33.1. The Balaban J connectivity index is 1.14. The fraction of sp³-hybridized carbons (Fsp3) is 0.438. The van der Waals surface area contributed by atoms with E-state index in [0.29, 0.717) is 55.7 Å². The van der Waals surface area contributed by atoms with Crippen molar-refractivity contribution in [3.8, 4) is 0 Å². The van der Waals surface area contributed by atoms with Gasteiger partial charge in [-0.05, 0) is 67.7 Å². The molecule has 0 spiro atoms. The van der Waals surface area contributed by atoms with Crippen LogP contribution in [0, 0.1) is 17.8 Å². The van der Waals surface area contributed by atoms with Crippen LogP contribution < -0.4 is 20.9 Å². The number of rotatable bonds is 8. The zero-order chi connectivity index (χ0) is 33.0. The lowest BCUT2D eigenvalue weighted by molar-refractivity contribution is -0.182. The number of nitrogens with zero attached hydrogens (tertiary/aromatic N) is 4. The van der Waals surface area contributed by atoms with E-state index in [9.17, 15) is 22.8 Å².